The second-order valence-corrected chi connectivity index (χ2v) is 2.92. The van der Waals surface area contributed by atoms with E-state index < -0.39 is 36.7 Å². The third-order valence-electron chi connectivity index (χ3n) is 1.61. The van der Waals surface area contributed by atoms with Crippen molar-refractivity contribution >= 4 is 17.9 Å². The number of hydrogen-bond donors (Lipinski definition) is 5. The van der Waals surface area contributed by atoms with Gasteiger partial charge in [0, 0.05) is 0 Å². The minimum atomic E-state index is -1.78. The van der Waals surface area contributed by atoms with Crippen LogP contribution in [-0.2, 0) is 14.4 Å². The van der Waals surface area contributed by atoms with Crippen LogP contribution in [0.2, 0.25) is 0 Å². The van der Waals surface area contributed by atoms with Crippen LogP contribution >= 0.6 is 0 Å². The smallest absolute Gasteiger partial charge is 0.338 e. The summed E-state index contributed by atoms with van der Waals surface area (Å²) in [5.74, 6) is -3.86. The highest BCUT2D eigenvalue weighted by Gasteiger charge is 2.33. The Hall–Kier alpha value is -1.67. The molecule has 0 heterocycles. The van der Waals surface area contributed by atoms with Crippen LogP contribution in [0, 0.1) is 0 Å². The zero-order valence-electron chi connectivity index (χ0n) is 7.98. The van der Waals surface area contributed by atoms with E-state index in [-0.39, 0.29) is 0 Å². The molecule has 0 fully saturated rings. The predicted molar refractivity (Wildman–Crippen MR) is 47.3 cm³/mol. The fraction of sp³-hybridized carbons (Fsp3) is 0.571. The summed E-state index contributed by atoms with van der Waals surface area (Å²) in [4.78, 5) is 31.1. The summed E-state index contributed by atoms with van der Waals surface area (Å²) in [6.07, 6.45) is 0. The largest absolute Gasteiger partial charge is 0.480 e. The molecule has 0 bridgehead atoms. The van der Waals surface area contributed by atoms with Gasteiger partial charge >= 0.3 is 17.9 Å². The van der Waals surface area contributed by atoms with E-state index in [4.69, 9.17) is 15.3 Å². The normalized spacial score (nSPS) is 11.0. The van der Waals surface area contributed by atoms with Gasteiger partial charge in [0.25, 0.3) is 0 Å². The maximum Gasteiger partial charge on any atom is 0.338 e. The van der Waals surface area contributed by atoms with Crippen LogP contribution in [0.5, 0.6) is 0 Å². The van der Waals surface area contributed by atoms with Gasteiger partial charge in [0.05, 0.1) is 13.1 Å². The fourth-order valence-electron chi connectivity index (χ4n) is 0.719. The lowest BCUT2D eigenvalue weighted by Gasteiger charge is -2.25. The lowest BCUT2D eigenvalue weighted by molar-refractivity contribution is -0.147. The van der Waals surface area contributed by atoms with E-state index in [1.54, 1.807) is 0 Å². The highest BCUT2D eigenvalue weighted by atomic mass is 16.4. The molecule has 0 aliphatic heterocycles. The van der Waals surface area contributed by atoms with Crippen LogP contribution in [0.4, 0.5) is 0 Å². The van der Waals surface area contributed by atoms with E-state index in [1.807, 2.05) is 0 Å². The molecule has 0 atom stereocenters. The Morgan fingerprint density at radius 2 is 1.33 bits per heavy atom. The molecule has 0 aliphatic rings. The Balaban J connectivity index is 4.38. The highest BCUT2D eigenvalue weighted by molar-refractivity contribution is 5.80. The number of carboxylic acid groups (broad SMARTS) is 3. The van der Waals surface area contributed by atoms with Gasteiger partial charge < -0.3 is 15.3 Å². The van der Waals surface area contributed by atoms with E-state index in [0.29, 0.717) is 0 Å². The van der Waals surface area contributed by atoms with Gasteiger partial charge in [0.2, 0.25) is 0 Å². The fourth-order valence-corrected chi connectivity index (χ4v) is 0.719. The molecule has 0 amide bonds. The minimum Gasteiger partial charge on any atom is -0.480 e. The van der Waals surface area contributed by atoms with E-state index in [9.17, 15) is 14.4 Å². The summed E-state index contributed by atoms with van der Waals surface area (Å²) in [6.45, 7) is -0.0357. The van der Waals surface area contributed by atoms with Gasteiger partial charge in [-0.3, -0.25) is 20.2 Å². The van der Waals surface area contributed by atoms with Gasteiger partial charge in [-0.15, -0.1) is 0 Å². The van der Waals surface area contributed by atoms with Gasteiger partial charge in [-0.1, -0.05) is 0 Å². The second kappa shape index (κ2) is 5.27. The Morgan fingerprint density at radius 3 is 1.53 bits per heavy atom. The molecule has 0 unspecified atom stereocenters. The van der Waals surface area contributed by atoms with E-state index in [2.05, 4.69) is 10.6 Å². The Morgan fingerprint density at radius 1 is 1.00 bits per heavy atom. The summed E-state index contributed by atoms with van der Waals surface area (Å²) < 4.78 is 0. The van der Waals surface area contributed by atoms with Crippen LogP contribution in [0.1, 0.15) is 6.92 Å². The van der Waals surface area contributed by atoms with Crippen molar-refractivity contribution in [2.75, 3.05) is 13.1 Å². The van der Waals surface area contributed by atoms with Gasteiger partial charge in [0.15, 0.2) is 5.66 Å². The monoisotopic (exact) mass is 220 g/mol. The molecule has 0 saturated heterocycles. The topological polar surface area (TPSA) is 136 Å². The van der Waals surface area contributed by atoms with Crippen molar-refractivity contribution in [3.63, 3.8) is 0 Å². The maximum atomic E-state index is 10.7. The maximum absolute atomic E-state index is 10.7. The molecule has 0 saturated carbocycles. The third kappa shape index (κ3) is 4.93. The molecule has 0 aromatic carbocycles. The second-order valence-electron chi connectivity index (χ2n) is 2.92. The summed E-state index contributed by atoms with van der Waals surface area (Å²) >= 11 is 0. The molecule has 86 valence electrons. The van der Waals surface area contributed by atoms with Crippen LogP contribution < -0.4 is 10.6 Å². The van der Waals surface area contributed by atoms with Gasteiger partial charge in [0.1, 0.15) is 0 Å². The lowest BCUT2D eigenvalue weighted by atomic mass is 10.2. The van der Waals surface area contributed by atoms with Crippen molar-refractivity contribution in [3.05, 3.63) is 0 Å². The first-order chi connectivity index (χ1) is 6.78. The number of aliphatic carboxylic acids is 3. The molecule has 5 N–H and O–H groups in total. The van der Waals surface area contributed by atoms with Crippen molar-refractivity contribution in [2.24, 2.45) is 0 Å². The zero-order valence-corrected chi connectivity index (χ0v) is 7.98. The standard InChI is InChI=1S/C7H12N2O6/c1-7(6(14)15,8-2-4(10)11)9-3-5(12)13/h8-9H,2-3H2,1H3,(H,10,11)(H,12,13)(H,14,15). The van der Waals surface area contributed by atoms with Crippen LogP contribution in [-0.4, -0.2) is 52.0 Å². The average molecular weight is 220 g/mol. The molecule has 8 heteroatoms. The van der Waals surface area contributed by atoms with Crippen LogP contribution in [0.3, 0.4) is 0 Å². The Labute approximate surface area is 84.9 Å². The van der Waals surface area contributed by atoms with Crippen LogP contribution in [0.25, 0.3) is 0 Å². The first-order valence-corrected chi connectivity index (χ1v) is 3.95. The predicted octanol–water partition coefficient (Wildman–Crippen LogP) is -1.86. The molecule has 0 aromatic heterocycles. The minimum absolute atomic E-state index is 0.588. The molecule has 8 nitrogen and oxygen atoms in total. The van der Waals surface area contributed by atoms with E-state index in [1.165, 1.54) is 0 Å². The third-order valence-corrected chi connectivity index (χ3v) is 1.61. The van der Waals surface area contributed by atoms with Gasteiger partial charge in [-0.2, -0.15) is 0 Å². The van der Waals surface area contributed by atoms with Crippen molar-refractivity contribution in [1.82, 2.24) is 10.6 Å². The number of hydrogen-bond acceptors (Lipinski definition) is 5. The zero-order chi connectivity index (χ0) is 12.1. The lowest BCUT2D eigenvalue weighted by Crippen LogP contribution is -2.62. The first kappa shape index (κ1) is 13.3. The number of carbonyl (C=O) groups is 3. The molecule has 0 aliphatic carbocycles. The van der Waals surface area contributed by atoms with Crippen molar-refractivity contribution in [2.45, 2.75) is 12.6 Å². The molecule has 15 heavy (non-hydrogen) atoms. The summed E-state index contributed by atoms with van der Waals surface area (Å²) in [5.41, 5.74) is -1.78. The van der Waals surface area contributed by atoms with Gasteiger partial charge in [-0.25, -0.2) is 4.79 Å². The molecule has 0 rings (SSSR count). The van der Waals surface area contributed by atoms with Crippen molar-refractivity contribution in [3.8, 4) is 0 Å². The molecule has 0 spiro atoms. The number of nitrogens with one attached hydrogen (secondary N) is 2. The van der Waals surface area contributed by atoms with Crippen molar-refractivity contribution < 1.29 is 29.7 Å². The summed E-state index contributed by atoms with van der Waals surface area (Å²) in [6, 6.07) is 0. The van der Waals surface area contributed by atoms with E-state index in [0.717, 1.165) is 6.92 Å². The van der Waals surface area contributed by atoms with Gasteiger partial charge in [-0.05, 0) is 6.92 Å². The summed E-state index contributed by atoms with van der Waals surface area (Å²) in [7, 11) is 0. The molecule has 0 aromatic rings. The van der Waals surface area contributed by atoms with E-state index >= 15 is 0 Å². The molecular formula is C7H12N2O6. The number of rotatable bonds is 7. The molecule has 0 radical (unpaired) electrons. The van der Waals surface area contributed by atoms with Crippen LogP contribution in [0.15, 0.2) is 0 Å². The Kier molecular flexibility index (Phi) is 4.68. The Bertz CT molecular complexity index is 259. The first-order valence-electron chi connectivity index (χ1n) is 3.95. The average Bonchev–Trinajstić information content (AvgIpc) is 2.11. The SMILES string of the molecule is CC(NCC(=O)O)(NCC(=O)O)C(=O)O. The molecular weight excluding hydrogens is 208 g/mol. The quantitative estimate of drug-likeness (QED) is 0.315. The summed E-state index contributed by atoms with van der Waals surface area (Å²) in [5, 5.41) is 29.8. The van der Waals surface area contributed by atoms with Crippen molar-refractivity contribution in [1.29, 1.82) is 0 Å². The number of carboxylic acids is 3. The highest BCUT2D eigenvalue weighted by Crippen LogP contribution is 1.97.